The molecule has 0 bridgehead atoms. The van der Waals surface area contributed by atoms with Gasteiger partial charge in [0, 0.05) is 18.7 Å². The number of benzene rings is 1. The van der Waals surface area contributed by atoms with E-state index in [9.17, 15) is 22.8 Å². The van der Waals surface area contributed by atoms with Gasteiger partial charge in [-0.05, 0) is 31.5 Å². The average molecular weight is 368 g/mol. The van der Waals surface area contributed by atoms with E-state index in [0.29, 0.717) is 12.8 Å². The monoisotopic (exact) mass is 368 g/mol. The fourth-order valence-corrected chi connectivity index (χ4v) is 4.31. The molecule has 9 heteroatoms. The highest BCUT2D eigenvalue weighted by Crippen LogP contribution is 2.30. The molecule has 0 saturated carbocycles. The van der Waals surface area contributed by atoms with Gasteiger partial charge >= 0.3 is 5.97 Å². The van der Waals surface area contributed by atoms with Crippen LogP contribution in [0, 0.1) is 5.92 Å². The number of rotatable bonds is 7. The number of aliphatic carboxylic acids is 1. The molecule has 136 valence electrons. The highest BCUT2D eigenvalue weighted by Gasteiger charge is 2.40. The number of nitrogens with one attached hydrogen (secondary N) is 1. The molecule has 0 aliphatic carbocycles. The Labute approximate surface area is 145 Å². The van der Waals surface area contributed by atoms with Gasteiger partial charge in [-0.15, -0.1) is 0 Å². The zero-order valence-corrected chi connectivity index (χ0v) is 14.8. The first kappa shape index (κ1) is 18.9. The average Bonchev–Trinajstić information content (AvgIpc) is 2.76. The topological polar surface area (TPSA) is 121 Å². The normalized spacial score (nSPS) is 16.4. The minimum absolute atomic E-state index is 0.00862. The van der Waals surface area contributed by atoms with Crippen molar-refractivity contribution in [2.45, 2.75) is 31.6 Å². The Morgan fingerprint density at radius 3 is 2.52 bits per heavy atom. The van der Waals surface area contributed by atoms with E-state index in [2.05, 4.69) is 5.32 Å². The number of carboxylic acids is 1. The summed E-state index contributed by atoms with van der Waals surface area (Å²) in [6.45, 7) is 3.36. The number of nitrogens with zero attached hydrogens (tertiary/aromatic N) is 1. The Hall–Kier alpha value is -2.42. The van der Waals surface area contributed by atoms with Crippen molar-refractivity contribution in [1.29, 1.82) is 0 Å². The van der Waals surface area contributed by atoms with Crippen LogP contribution in [0.3, 0.4) is 0 Å². The third-order valence-electron chi connectivity index (χ3n) is 4.05. The van der Waals surface area contributed by atoms with E-state index >= 15 is 0 Å². The van der Waals surface area contributed by atoms with E-state index < -0.39 is 33.7 Å². The Bertz CT molecular complexity index is 818. The van der Waals surface area contributed by atoms with Crippen LogP contribution in [0.15, 0.2) is 23.1 Å². The van der Waals surface area contributed by atoms with E-state index in [1.165, 1.54) is 12.1 Å². The Morgan fingerprint density at radius 2 is 1.96 bits per heavy atom. The molecular formula is C16H20N2O6S. The molecule has 0 saturated heterocycles. The van der Waals surface area contributed by atoms with Gasteiger partial charge in [0.1, 0.15) is 4.90 Å². The van der Waals surface area contributed by atoms with Crippen LogP contribution >= 0.6 is 0 Å². The fraction of sp³-hybridized carbons (Fsp3) is 0.438. The Balaban J connectivity index is 2.22. The van der Waals surface area contributed by atoms with Gasteiger partial charge in [0.05, 0.1) is 11.5 Å². The van der Waals surface area contributed by atoms with E-state index in [0.717, 1.165) is 10.4 Å². The molecule has 1 aliphatic heterocycles. The largest absolute Gasteiger partial charge is 0.481 e. The molecule has 1 heterocycles. The molecule has 1 atom stereocenters. The SMILES string of the molecule is CCCC(CNC(=O)c1ccc2c(c1)S(=O)(=O)N(CC)C2=O)C(=O)O. The summed E-state index contributed by atoms with van der Waals surface area (Å²) in [5.74, 6) is -2.90. The molecule has 8 nitrogen and oxygen atoms in total. The smallest absolute Gasteiger partial charge is 0.308 e. The highest BCUT2D eigenvalue weighted by atomic mass is 32.2. The van der Waals surface area contributed by atoms with E-state index in [-0.39, 0.29) is 29.1 Å². The number of carboxylic acid groups (broad SMARTS) is 1. The lowest BCUT2D eigenvalue weighted by molar-refractivity contribution is -0.141. The van der Waals surface area contributed by atoms with Gasteiger partial charge in [0.25, 0.3) is 21.8 Å². The second kappa shape index (κ2) is 7.22. The summed E-state index contributed by atoms with van der Waals surface area (Å²) in [6, 6.07) is 3.82. The van der Waals surface area contributed by atoms with Gasteiger partial charge < -0.3 is 10.4 Å². The second-order valence-corrected chi connectivity index (χ2v) is 7.55. The number of hydrogen-bond acceptors (Lipinski definition) is 5. The van der Waals surface area contributed by atoms with Crippen molar-refractivity contribution >= 4 is 27.8 Å². The molecule has 2 amide bonds. The van der Waals surface area contributed by atoms with Crippen LogP contribution in [-0.2, 0) is 14.8 Å². The quantitative estimate of drug-likeness (QED) is 0.743. The van der Waals surface area contributed by atoms with E-state index in [4.69, 9.17) is 5.11 Å². The Kier molecular flexibility index (Phi) is 5.46. The molecule has 1 aromatic rings. The first-order chi connectivity index (χ1) is 11.7. The minimum atomic E-state index is -3.95. The summed E-state index contributed by atoms with van der Waals surface area (Å²) < 4.78 is 25.4. The lowest BCUT2D eigenvalue weighted by Crippen LogP contribution is -2.33. The molecule has 2 N–H and O–H groups in total. The standard InChI is InChI=1S/C16H20N2O6S/c1-3-5-11(16(21)22)9-17-14(19)10-6-7-12-13(8-10)25(23,24)18(4-2)15(12)20/h6-8,11H,3-5,9H2,1-2H3,(H,17,19)(H,21,22). The molecule has 0 spiro atoms. The number of sulfonamides is 1. The number of carbonyl (C=O) groups is 3. The minimum Gasteiger partial charge on any atom is -0.481 e. The van der Waals surface area contributed by atoms with Crippen molar-refractivity contribution in [3.8, 4) is 0 Å². The van der Waals surface area contributed by atoms with Crippen LogP contribution in [0.4, 0.5) is 0 Å². The maximum atomic E-state index is 12.3. The van der Waals surface area contributed by atoms with Crippen molar-refractivity contribution in [2.24, 2.45) is 5.92 Å². The maximum Gasteiger partial charge on any atom is 0.308 e. The lowest BCUT2D eigenvalue weighted by Gasteiger charge is -2.12. The zero-order chi connectivity index (χ0) is 18.8. The zero-order valence-electron chi connectivity index (χ0n) is 14.0. The second-order valence-electron chi connectivity index (χ2n) is 5.72. The van der Waals surface area contributed by atoms with E-state index in [1.807, 2.05) is 6.92 Å². The molecule has 1 aliphatic rings. The molecule has 2 rings (SSSR count). The van der Waals surface area contributed by atoms with Gasteiger partial charge in [0.15, 0.2) is 0 Å². The Morgan fingerprint density at radius 1 is 1.28 bits per heavy atom. The molecule has 0 aromatic heterocycles. The first-order valence-corrected chi connectivity index (χ1v) is 9.40. The summed E-state index contributed by atoms with van der Waals surface area (Å²) in [4.78, 5) is 35.2. The van der Waals surface area contributed by atoms with Crippen molar-refractivity contribution in [3.63, 3.8) is 0 Å². The van der Waals surface area contributed by atoms with Gasteiger partial charge in [-0.25, -0.2) is 12.7 Å². The maximum absolute atomic E-state index is 12.3. The van der Waals surface area contributed by atoms with Gasteiger partial charge in [-0.1, -0.05) is 13.3 Å². The van der Waals surface area contributed by atoms with E-state index in [1.54, 1.807) is 6.92 Å². The van der Waals surface area contributed by atoms with Gasteiger partial charge in [-0.3, -0.25) is 14.4 Å². The van der Waals surface area contributed by atoms with Gasteiger partial charge in [0.2, 0.25) is 0 Å². The molecule has 1 unspecified atom stereocenters. The van der Waals surface area contributed by atoms with Crippen molar-refractivity contribution < 1.29 is 27.9 Å². The summed E-state index contributed by atoms with van der Waals surface area (Å²) in [5, 5.41) is 11.6. The third-order valence-corrected chi connectivity index (χ3v) is 5.95. The van der Waals surface area contributed by atoms with Gasteiger partial charge in [-0.2, -0.15) is 0 Å². The predicted octanol–water partition coefficient (Wildman–Crippen LogP) is 1.08. The van der Waals surface area contributed by atoms with Crippen molar-refractivity contribution in [2.75, 3.05) is 13.1 Å². The van der Waals surface area contributed by atoms with Crippen molar-refractivity contribution in [1.82, 2.24) is 9.62 Å². The number of hydrogen-bond donors (Lipinski definition) is 2. The molecule has 0 fully saturated rings. The number of carbonyl (C=O) groups excluding carboxylic acids is 2. The van der Waals surface area contributed by atoms with Crippen LogP contribution in [-0.4, -0.2) is 48.7 Å². The molecule has 0 radical (unpaired) electrons. The fourth-order valence-electron chi connectivity index (χ4n) is 2.71. The van der Waals surface area contributed by atoms with Crippen LogP contribution in [0.5, 0.6) is 0 Å². The third kappa shape index (κ3) is 3.51. The van der Waals surface area contributed by atoms with Crippen LogP contribution in [0.25, 0.3) is 0 Å². The van der Waals surface area contributed by atoms with Crippen LogP contribution < -0.4 is 5.32 Å². The lowest BCUT2D eigenvalue weighted by atomic mass is 10.0. The molecule has 1 aromatic carbocycles. The molecular weight excluding hydrogens is 348 g/mol. The summed E-state index contributed by atoms with van der Waals surface area (Å²) in [5.41, 5.74) is 0.0986. The summed E-state index contributed by atoms with van der Waals surface area (Å²) >= 11 is 0. The summed E-state index contributed by atoms with van der Waals surface area (Å²) in [6.07, 6.45) is 1.09. The summed E-state index contributed by atoms with van der Waals surface area (Å²) in [7, 11) is -3.95. The number of fused-ring (bicyclic) bond motifs is 1. The highest BCUT2D eigenvalue weighted by molar-refractivity contribution is 7.90. The predicted molar refractivity (Wildman–Crippen MR) is 88.7 cm³/mol. The first-order valence-electron chi connectivity index (χ1n) is 7.96. The van der Waals surface area contributed by atoms with Crippen LogP contribution in [0.1, 0.15) is 47.4 Å². The number of amides is 2. The molecule has 25 heavy (non-hydrogen) atoms. The van der Waals surface area contributed by atoms with Crippen molar-refractivity contribution in [3.05, 3.63) is 29.3 Å². The van der Waals surface area contributed by atoms with Crippen LogP contribution in [0.2, 0.25) is 0 Å².